The molecule has 0 unspecified atom stereocenters. The number of halogens is 1. The maximum Gasteiger partial charge on any atom is 0.126 e. The van der Waals surface area contributed by atoms with E-state index in [9.17, 15) is 0 Å². The zero-order valence-electron chi connectivity index (χ0n) is 10.6. The molecule has 94 valence electrons. The standard InChI is InChI=1S/C17H13IO/c1-19-17-11-14-8-6-12-2-4-13(5-3-12)7-9-15(17)10-16(14)18/h2-11H,1H3/b8-6?,9-7-,12-6?,13-7?,14-8?,15-9?. The first-order chi connectivity index (χ1) is 9.26. The Morgan fingerprint density at radius 2 is 1.37 bits per heavy atom. The Morgan fingerprint density at radius 1 is 0.789 bits per heavy atom. The third-order valence-corrected chi connectivity index (χ3v) is 4.13. The molecule has 0 heterocycles. The minimum absolute atomic E-state index is 0.909. The molecule has 0 saturated carbocycles. The first-order valence-electron chi connectivity index (χ1n) is 6.10. The van der Waals surface area contributed by atoms with Crippen LogP contribution in [0.5, 0.6) is 5.75 Å². The molecule has 0 fully saturated rings. The maximum atomic E-state index is 5.48. The van der Waals surface area contributed by atoms with Gasteiger partial charge < -0.3 is 4.74 Å². The van der Waals surface area contributed by atoms with Crippen molar-refractivity contribution in [3.63, 3.8) is 0 Å². The molecule has 0 aromatic heterocycles. The van der Waals surface area contributed by atoms with Gasteiger partial charge in [0.15, 0.2) is 0 Å². The van der Waals surface area contributed by atoms with Crippen LogP contribution in [0.15, 0.2) is 36.4 Å². The summed E-state index contributed by atoms with van der Waals surface area (Å²) in [6, 6.07) is 12.8. The number of hydrogen-bond donors (Lipinski definition) is 0. The third kappa shape index (κ3) is 2.59. The Morgan fingerprint density at radius 3 is 1.95 bits per heavy atom. The van der Waals surface area contributed by atoms with Crippen LogP contribution in [0, 0.1) is 3.57 Å². The minimum atomic E-state index is 0.909. The Kier molecular flexibility index (Phi) is 3.42. The minimum Gasteiger partial charge on any atom is -0.496 e. The van der Waals surface area contributed by atoms with Gasteiger partial charge in [0.1, 0.15) is 5.75 Å². The monoisotopic (exact) mass is 360 g/mol. The second kappa shape index (κ2) is 5.21. The van der Waals surface area contributed by atoms with Gasteiger partial charge in [0.2, 0.25) is 0 Å². The van der Waals surface area contributed by atoms with Crippen molar-refractivity contribution in [2.75, 3.05) is 7.11 Å². The van der Waals surface area contributed by atoms with Crippen molar-refractivity contribution < 1.29 is 4.74 Å². The van der Waals surface area contributed by atoms with E-state index in [0.717, 1.165) is 11.3 Å². The predicted octanol–water partition coefficient (Wildman–Crippen LogP) is 4.95. The lowest BCUT2D eigenvalue weighted by molar-refractivity contribution is 0.413. The normalized spacial score (nSPS) is 14.0. The van der Waals surface area contributed by atoms with Crippen LogP contribution in [0.1, 0.15) is 22.3 Å². The molecular weight excluding hydrogens is 347 g/mol. The molecule has 4 bridgehead atoms. The predicted molar refractivity (Wildman–Crippen MR) is 90.0 cm³/mol. The summed E-state index contributed by atoms with van der Waals surface area (Å²) in [6.07, 6.45) is 8.48. The van der Waals surface area contributed by atoms with E-state index in [1.165, 1.54) is 20.3 Å². The van der Waals surface area contributed by atoms with Crippen molar-refractivity contribution in [2.45, 2.75) is 0 Å². The Hall–Kier alpha value is -1.55. The molecule has 0 aliphatic heterocycles. The lowest BCUT2D eigenvalue weighted by Gasteiger charge is -2.09. The first-order valence-corrected chi connectivity index (χ1v) is 7.18. The van der Waals surface area contributed by atoms with E-state index in [1.807, 2.05) is 0 Å². The Bertz CT molecular complexity index is 666. The summed E-state index contributed by atoms with van der Waals surface area (Å²) >= 11 is 2.37. The summed E-state index contributed by atoms with van der Waals surface area (Å²) in [5.41, 5.74) is 4.68. The van der Waals surface area contributed by atoms with Crippen molar-refractivity contribution in [3.8, 4) is 5.75 Å². The number of methoxy groups -OCH3 is 1. The highest BCUT2D eigenvalue weighted by Gasteiger charge is 2.06. The fourth-order valence-corrected chi connectivity index (χ4v) is 2.78. The Labute approximate surface area is 126 Å². The summed E-state index contributed by atoms with van der Waals surface area (Å²) in [4.78, 5) is 0. The molecule has 0 saturated heterocycles. The van der Waals surface area contributed by atoms with Crippen LogP contribution in [0.2, 0.25) is 0 Å². The molecule has 2 aromatic carbocycles. The van der Waals surface area contributed by atoms with Gasteiger partial charge in [0.25, 0.3) is 0 Å². The quantitative estimate of drug-likeness (QED) is 0.558. The van der Waals surface area contributed by atoms with Gasteiger partial charge in [-0.05, 0) is 51.4 Å². The lowest BCUT2D eigenvalue weighted by atomic mass is 10.0. The van der Waals surface area contributed by atoms with E-state index in [2.05, 4.69) is 83.3 Å². The van der Waals surface area contributed by atoms with E-state index >= 15 is 0 Å². The van der Waals surface area contributed by atoms with Gasteiger partial charge in [-0.15, -0.1) is 0 Å². The molecule has 1 nitrogen and oxygen atoms in total. The zero-order valence-corrected chi connectivity index (χ0v) is 12.7. The third-order valence-electron chi connectivity index (χ3n) is 3.20. The SMILES string of the molecule is COc1cc2c(I)cc1/C=C\c1ccc(cc1)C=C2. The van der Waals surface area contributed by atoms with Gasteiger partial charge in [-0.1, -0.05) is 48.6 Å². The number of ether oxygens (including phenoxy) is 1. The fourth-order valence-electron chi connectivity index (χ4n) is 2.11. The molecule has 0 amide bonds. The summed E-state index contributed by atoms with van der Waals surface area (Å²) in [5, 5.41) is 0. The average molecular weight is 360 g/mol. The van der Waals surface area contributed by atoms with E-state index in [0.29, 0.717) is 0 Å². The molecule has 0 atom stereocenters. The van der Waals surface area contributed by atoms with Crippen molar-refractivity contribution in [3.05, 3.63) is 62.2 Å². The Balaban J connectivity index is 2.24. The van der Waals surface area contributed by atoms with E-state index < -0.39 is 0 Å². The first kappa shape index (κ1) is 12.5. The van der Waals surface area contributed by atoms with Crippen LogP contribution in [-0.2, 0) is 0 Å². The molecule has 4 aliphatic carbocycles. The van der Waals surface area contributed by atoms with E-state index in [4.69, 9.17) is 4.74 Å². The fraction of sp³-hybridized carbons (Fsp3) is 0.0588. The van der Waals surface area contributed by atoms with Gasteiger partial charge in [-0.2, -0.15) is 0 Å². The summed E-state index contributed by atoms with van der Waals surface area (Å²) in [6.45, 7) is 0. The molecule has 6 rings (SSSR count). The molecule has 0 N–H and O–H groups in total. The maximum absolute atomic E-state index is 5.48. The molecule has 2 aromatic rings. The van der Waals surface area contributed by atoms with Gasteiger partial charge in [0.05, 0.1) is 7.11 Å². The van der Waals surface area contributed by atoms with E-state index in [-0.39, 0.29) is 0 Å². The van der Waals surface area contributed by atoms with Crippen LogP contribution < -0.4 is 4.74 Å². The highest BCUT2D eigenvalue weighted by atomic mass is 127. The van der Waals surface area contributed by atoms with Crippen molar-refractivity contribution in [1.82, 2.24) is 0 Å². The largest absolute Gasteiger partial charge is 0.496 e. The second-order valence-corrected chi connectivity index (χ2v) is 5.61. The smallest absolute Gasteiger partial charge is 0.126 e. The van der Waals surface area contributed by atoms with Gasteiger partial charge >= 0.3 is 0 Å². The molecule has 4 aliphatic rings. The average Bonchev–Trinajstić information content (AvgIpc) is 2.43. The molecule has 0 spiro atoms. The summed E-state index contributed by atoms with van der Waals surface area (Å²) in [7, 11) is 1.72. The molecule has 19 heavy (non-hydrogen) atoms. The van der Waals surface area contributed by atoms with E-state index in [1.54, 1.807) is 7.11 Å². The number of hydrogen-bond acceptors (Lipinski definition) is 1. The summed E-state index contributed by atoms with van der Waals surface area (Å²) in [5.74, 6) is 0.909. The van der Waals surface area contributed by atoms with Crippen LogP contribution in [-0.4, -0.2) is 7.11 Å². The van der Waals surface area contributed by atoms with Crippen molar-refractivity contribution in [1.29, 1.82) is 0 Å². The van der Waals surface area contributed by atoms with Crippen LogP contribution in [0.4, 0.5) is 0 Å². The van der Waals surface area contributed by atoms with Crippen LogP contribution in [0.3, 0.4) is 0 Å². The highest BCUT2D eigenvalue weighted by molar-refractivity contribution is 14.1. The zero-order chi connectivity index (χ0) is 13.2. The number of benzene rings is 2. The summed E-state index contributed by atoms with van der Waals surface area (Å²) < 4.78 is 6.70. The second-order valence-electron chi connectivity index (χ2n) is 4.45. The number of rotatable bonds is 1. The van der Waals surface area contributed by atoms with Gasteiger partial charge in [-0.25, -0.2) is 0 Å². The topological polar surface area (TPSA) is 9.23 Å². The molecular formula is C17H13IO. The van der Waals surface area contributed by atoms with Crippen molar-refractivity contribution >= 4 is 46.9 Å². The van der Waals surface area contributed by atoms with Crippen LogP contribution >= 0.6 is 22.6 Å². The highest BCUT2D eigenvalue weighted by Crippen LogP contribution is 2.28. The van der Waals surface area contributed by atoms with Gasteiger partial charge in [0, 0.05) is 9.13 Å². The van der Waals surface area contributed by atoms with Crippen LogP contribution in [0.25, 0.3) is 24.3 Å². The molecule has 0 radical (unpaired) electrons. The molecule has 2 heteroatoms. The lowest BCUT2D eigenvalue weighted by Crippen LogP contribution is -1.91. The van der Waals surface area contributed by atoms with Gasteiger partial charge in [-0.3, -0.25) is 0 Å². The van der Waals surface area contributed by atoms with Crippen molar-refractivity contribution in [2.24, 2.45) is 0 Å².